The van der Waals surface area contributed by atoms with E-state index in [9.17, 15) is 4.79 Å². The number of anilines is 1. The summed E-state index contributed by atoms with van der Waals surface area (Å²) < 4.78 is 0. The molecule has 1 aromatic carbocycles. The van der Waals surface area contributed by atoms with Crippen molar-refractivity contribution in [1.29, 1.82) is 0 Å². The Bertz CT molecular complexity index is 678. The first kappa shape index (κ1) is 15.2. The number of nitrogens with zero attached hydrogens (tertiary/aromatic N) is 2. The highest BCUT2D eigenvalue weighted by molar-refractivity contribution is 6.04. The van der Waals surface area contributed by atoms with Gasteiger partial charge in [-0.2, -0.15) is 0 Å². The van der Waals surface area contributed by atoms with Crippen molar-refractivity contribution < 1.29 is 4.79 Å². The maximum Gasteiger partial charge on any atom is 0.259 e. The fraction of sp³-hybridized carbons (Fsp3) is 0.353. The number of benzene rings is 1. The lowest BCUT2D eigenvalue weighted by atomic mass is 10.1. The molecular weight excluding hydrogens is 262 g/mol. The standard InChI is InChI=1S/C17H21N3O/c1-10(2)16-18-9-15(13(5)19-16)17(21)20-14-7-6-11(3)12(4)8-14/h6-10H,1-5H3,(H,20,21). The van der Waals surface area contributed by atoms with E-state index in [-0.39, 0.29) is 11.8 Å². The summed E-state index contributed by atoms with van der Waals surface area (Å²) >= 11 is 0. The van der Waals surface area contributed by atoms with E-state index in [4.69, 9.17) is 0 Å². The lowest BCUT2D eigenvalue weighted by Gasteiger charge is -2.10. The van der Waals surface area contributed by atoms with E-state index in [1.54, 1.807) is 6.20 Å². The Morgan fingerprint density at radius 3 is 2.43 bits per heavy atom. The van der Waals surface area contributed by atoms with E-state index in [1.807, 2.05) is 52.8 Å². The topological polar surface area (TPSA) is 54.9 Å². The molecule has 110 valence electrons. The van der Waals surface area contributed by atoms with Crippen LogP contribution in [0.3, 0.4) is 0 Å². The predicted octanol–water partition coefficient (Wildman–Crippen LogP) is 3.78. The maximum absolute atomic E-state index is 12.3. The molecule has 1 aromatic heterocycles. The molecule has 0 aliphatic rings. The Hall–Kier alpha value is -2.23. The van der Waals surface area contributed by atoms with Gasteiger partial charge in [-0.25, -0.2) is 9.97 Å². The highest BCUT2D eigenvalue weighted by atomic mass is 16.1. The maximum atomic E-state index is 12.3. The van der Waals surface area contributed by atoms with E-state index < -0.39 is 0 Å². The summed E-state index contributed by atoms with van der Waals surface area (Å²) in [5, 5.41) is 2.90. The number of rotatable bonds is 3. The van der Waals surface area contributed by atoms with E-state index in [2.05, 4.69) is 15.3 Å². The summed E-state index contributed by atoms with van der Waals surface area (Å²) in [5.74, 6) is 0.835. The lowest BCUT2D eigenvalue weighted by molar-refractivity contribution is 0.102. The molecule has 1 amide bonds. The molecule has 0 unspecified atom stereocenters. The molecule has 0 saturated carbocycles. The quantitative estimate of drug-likeness (QED) is 0.932. The molecule has 21 heavy (non-hydrogen) atoms. The van der Waals surface area contributed by atoms with Gasteiger partial charge >= 0.3 is 0 Å². The minimum Gasteiger partial charge on any atom is -0.322 e. The van der Waals surface area contributed by atoms with Crippen molar-refractivity contribution in [2.75, 3.05) is 5.32 Å². The van der Waals surface area contributed by atoms with Crippen LogP contribution in [-0.4, -0.2) is 15.9 Å². The van der Waals surface area contributed by atoms with Crippen molar-refractivity contribution >= 4 is 11.6 Å². The van der Waals surface area contributed by atoms with Crippen LogP contribution in [0.2, 0.25) is 0 Å². The Labute approximate surface area is 125 Å². The minimum absolute atomic E-state index is 0.175. The van der Waals surface area contributed by atoms with Gasteiger partial charge in [-0.15, -0.1) is 0 Å². The first-order chi connectivity index (χ1) is 9.88. The Kier molecular flexibility index (Phi) is 4.36. The molecule has 1 N–H and O–H groups in total. The van der Waals surface area contributed by atoms with Gasteiger partial charge in [0, 0.05) is 17.8 Å². The van der Waals surface area contributed by atoms with Crippen LogP contribution in [-0.2, 0) is 0 Å². The number of nitrogens with one attached hydrogen (secondary N) is 1. The molecule has 0 aliphatic heterocycles. The van der Waals surface area contributed by atoms with Gasteiger partial charge in [-0.05, 0) is 44.0 Å². The first-order valence-electron chi connectivity index (χ1n) is 7.10. The van der Waals surface area contributed by atoms with Crippen molar-refractivity contribution in [3.05, 3.63) is 52.6 Å². The van der Waals surface area contributed by atoms with Gasteiger partial charge < -0.3 is 5.32 Å². The third-order valence-corrected chi connectivity index (χ3v) is 3.52. The van der Waals surface area contributed by atoms with Crippen LogP contribution < -0.4 is 5.32 Å². The molecule has 0 saturated heterocycles. The molecule has 0 bridgehead atoms. The number of aryl methyl sites for hydroxylation is 3. The molecule has 4 nitrogen and oxygen atoms in total. The summed E-state index contributed by atoms with van der Waals surface area (Å²) in [4.78, 5) is 21.0. The third kappa shape index (κ3) is 3.45. The van der Waals surface area contributed by atoms with Crippen LogP contribution in [0.15, 0.2) is 24.4 Å². The smallest absolute Gasteiger partial charge is 0.259 e. The van der Waals surface area contributed by atoms with E-state index in [0.29, 0.717) is 11.3 Å². The molecule has 2 rings (SSSR count). The van der Waals surface area contributed by atoms with Crippen molar-refractivity contribution in [2.45, 2.75) is 40.5 Å². The summed E-state index contributed by atoms with van der Waals surface area (Å²) in [6.45, 7) is 9.97. The number of carbonyl (C=O) groups excluding carboxylic acids is 1. The van der Waals surface area contributed by atoms with Crippen molar-refractivity contribution in [3.8, 4) is 0 Å². The van der Waals surface area contributed by atoms with Crippen LogP contribution in [0.4, 0.5) is 5.69 Å². The van der Waals surface area contributed by atoms with Gasteiger partial charge in [-0.3, -0.25) is 4.79 Å². The Balaban J connectivity index is 2.22. The normalized spacial score (nSPS) is 10.8. The highest BCUT2D eigenvalue weighted by Crippen LogP contribution is 2.16. The molecule has 0 atom stereocenters. The fourth-order valence-electron chi connectivity index (χ4n) is 2.00. The van der Waals surface area contributed by atoms with Gasteiger partial charge in [0.05, 0.1) is 11.3 Å². The number of aromatic nitrogens is 2. The average Bonchev–Trinajstić information content (AvgIpc) is 2.42. The molecule has 0 fully saturated rings. The van der Waals surface area contributed by atoms with E-state index in [1.165, 1.54) is 5.56 Å². The second-order valence-corrected chi connectivity index (χ2v) is 5.64. The van der Waals surface area contributed by atoms with Gasteiger partial charge in [0.2, 0.25) is 0 Å². The Morgan fingerprint density at radius 1 is 1.14 bits per heavy atom. The number of carbonyl (C=O) groups is 1. The van der Waals surface area contributed by atoms with Gasteiger partial charge in [-0.1, -0.05) is 19.9 Å². The molecule has 2 aromatic rings. The molecule has 0 radical (unpaired) electrons. The molecule has 4 heteroatoms. The average molecular weight is 283 g/mol. The molecular formula is C17H21N3O. The van der Waals surface area contributed by atoms with Crippen molar-refractivity contribution in [1.82, 2.24) is 9.97 Å². The van der Waals surface area contributed by atoms with Crippen LogP contribution in [0, 0.1) is 20.8 Å². The highest BCUT2D eigenvalue weighted by Gasteiger charge is 2.13. The summed E-state index contributed by atoms with van der Waals surface area (Å²) in [5.41, 5.74) is 4.35. The molecule has 1 heterocycles. The zero-order chi connectivity index (χ0) is 15.6. The van der Waals surface area contributed by atoms with Gasteiger partial charge in [0.25, 0.3) is 5.91 Å². The van der Waals surface area contributed by atoms with Crippen LogP contribution in [0.5, 0.6) is 0 Å². The zero-order valence-corrected chi connectivity index (χ0v) is 13.2. The van der Waals surface area contributed by atoms with Gasteiger partial charge in [0.1, 0.15) is 5.82 Å². The van der Waals surface area contributed by atoms with Gasteiger partial charge in [0.15, 0.2) is 0 Å². The second-order valence-electron chi connectivity index (χ2n) is 5.64. The fourth-order valence-corrected chi connectivity index (χ4v) is 2.00. The molecule has 0 spiro atoms. The number of hydrogen-bond acceptors (Lipinski definition) is 3. The monoisotopic (exact) mass is 283 g/mol. The van der Waals surface area contributed by atoms with Crippen LogP contribution in [0.25, 0.3) is 0 Å². The van der Waals surface area contributed by atoms with Crippen molar-refractivity contribution in [2.24, 2.45) is 0 Å². The lowest BCUT2D eigenvalue weighted by Crippen LogP contribution is -2.16. The summed E-state index contributed by atoms with van der Waals surface area (Å²) in [6.07, 6.45) is 1.61. The molecule has 0 aliphatic carbocycles. The largest absolute Gasteiger partial charge is 0.322 e. The third-order valence-electron chi connectivity index (χ3n) is 3.52. The Morgan fingerprint density at radius 2 is 1.86 bits per heavy atom. The predicted molar refractivity (Wildman–Crippen MR) is 84.7 cm³/mol. The zero-order valence-electron chi connectivity index (χ0n) is 13.2. The number of amides is 1. The van der Waals surface area contributed by atoms with Crippen molar-refractivity contribution in [3.63, 3.8) is 0 Å². The second kappa shape index (κ2) is 6.04. The first-order valence-corrected chi connectivity index (χ1v) is 7.10. The van der Waals surface area contributed by atoms with E-state index >= 15 is 0 Å². The van der Waals surface area contributed by atoms with Crippen LogP contribution >= 0.6 is 0 Å². The minimum atomic E-state index is -0.175. The van der Waals surface area contributed by atoms with E-state index in [0.717, 1.165) is 17.1 Å². The summed E-state index contributed by atoms with van der Waals surface area (Å²) in [6, 6.07) is 5.86. The SMILES string of the molecule is Cc1ccc(NC(=O)c2cnc(C(C)C)nc2C)cc1C. The van der Waals surface area contributed by atoms with Crippen LogP contribution in [0.1, 0.15) is 52.8 Å². The summed E-state index contributed by atoms with van der Waals surface area (Å²) in [7, 11) is 0. The number of hydrogen-bond donors (Lipinski definition) is 1.